The molecule has 8 heteroatoms. The first kappa shape index (κ1) is 23.1. The summed E-state index contributed by atoms with van der Waals surface area (Å²) >= 11 is 3.26. The highest BCUT2D eigenvalue weighted by Gasteiger charge is 2.28. The van der Waals surface area contributed by atoms with Crippen LogP contribution in [0.25, 0.3) is 0 Å². The van der Waals surface area contributed by atoms with Crippen LogP contribution in [0.5, 0.6) is 11.5 Å². The van der Waals surface area contributed by atoms with Crippen LogP contribution in [-0.2, 0) is 22.6 Å². The molecule has 158 valence electrons. The molecule has 0 amide bonds. The number of carbonyl (C=O) groups is 1. The van der Waals surface area contributed by atoms with E-state index in [9.17, 15) is 18.0 Å². The van der Waals surface area contributed by atoms with Crippen LogP contribution >= 0.6 is 15.9 Å². The Morgan fingerprint density at radius 1 is 1.03 bits per heavy atom. The highest BCUT2D eigenvalue weighted by Crippen LogP contribution is 2.26. The summed E-state index contributed by atoms with van der Waals surface area (Å²) in [7, 11) is 0. The zero-order valence-electron chi connectivity index (χ0n) is 16.3. The number of ether oxygens (including phenoxy) is 3. The summed E-state index contributed by atoms with van der Waals surface area (Å²) < 4.78 is 53.6. The summed E-state index contributed by atoms with van der Waals surface area (Å²) in [4.78, 5) is 12.1. The van der Waals surface area contributed by atoms with Crippen molar-refractivity contribution in [2.45, 2.75) is 45.6 Å². The Labute approximate surface area is 176 Å². The number of carbonyl (C=O) groups excluding carboxylic acids is 1. The van der Waals surface area contributed by atoms with E-state index in [0.29, 0.717) is 21.3 Å². The van der Waals surface area contributed by atoms with Crippen molar-refractivity contribution in [3.63, 3.8) is 0 Å². The lowest BCUT2D eigenvalue weighted by atomic mass is 10.1. The predicted molar refractivity (Wildman–Crippen MR) is 106 cm³/mol. The van der Waals surface area contributed by atoms with Crippen LogP contribution in [0.2, 0.25) is 0 Å². The Morgan fingerprint density at radius 3 is 2.38 bits per heavy atom. The van der Waals surface area contributed by atoms with E-state index < -0.39 is 18.4 Å². The van der Waals surface area contributed by atoms with Crippen molar-refractivity contribution in [1.29, 1.82) is 0 Å². The Kier molecular flexibility index (Phi) is 7.57. The summed E-state index contributed by atoms with van der Waals surface area (Å²) in [6, 6.07) is 11.7. The monoisotopic (exact) mass is 474 g/mol. The lowest BCUT2D eigenvalue weighted by Gasteiger charge is -2.20. The fourth-order valence-electron chi connectivity index (χ4n) is 2.44. The molecular formula is C21H22BrF3O4. The molecule has 0 fully saturated rings. The molecule has 0 saturated carbocycles. The Morgan fingerprint density at radius 2 is 1.72 bits per heavy atom. The van der Waals surface area contributed by atoms with E-state index >= 15 is 0 Å². The van der Waals surface area contributed by atoms with E-state index in [1.807, 2.05) is 0 Å². The van der Waals surface area contributed by atoms with Crippen LogP contribution in [0.4, 0.5) is 13.2 Å². The molecule has 0 aliphatic carbocycles. The van der Waals surface area contributed by atoms with Crippen molar-refractivity contribution in [2.24, 2.45) is 0 Å². The third-order valence-corrected chi connectivity index (χ3v) is 3.91. The average Bonchev–Trinajstić information content (AvgIpc) is 2.56. The van der Waals surface area contributed by atoms with Crippen LogP contribution < -0.4 is 9.47 Å². The third kappa shape index (κ3) is 8.77. The van der Waals surface area contributed by atoms with Crippen molar-refractivity contribution in [3.8, 4) is 11.5 Å². The molecule has 0 heterocycles. The topological polar surface area (TPSA) is 44.8 Å². The predicted octanol–water partition coefficient (Wildman–Crippen LogP) is 5.85. The first-order valence-electron chi connectivity index (χ1n) is 8.83. The molecule has 0 aromatic heterocycles. The minimum atomic E-state index is -4.42. The number of benzene rings is 2. The number of halogens is 4. The summed E-state index contributed by atoms with van der Waals surface area (Å²) in [5.41, 5.74) is 0.685. The first-order valence-corrected chi connectivity index (χ1v) is 9.62. The number of esters is 1. The Hall–Kier alpha value is -2.22. The second-order valence-corrected chi connectivity index (χ2v) is 8.27. The number of alkyl halides is 3. The van der Waals surface area contributed by atoms with Gasteiger partial charge in [0, 0.05) is 10.0 Å². The van der Waals surface area contributed by atoms with Gasteiger partial charge in [0.15, 0.2) is 6.61 Å². The molecular weight excluding hydrogens is 453 g/mol. The third-order valence-electron chi connectivity index (χ3n) is 3.46. The maximum absolute atomic E-state index is 12.4. The van der Waals surface area contributed by atoms with E-state index in [1.54, 1.807) is 51.1 Å². The average molecular weight is 475 g/mol. The maximum Gasteiger partial charge on any atom is 0.422 e. The van der Waals surface area contributed by atoms with Crippen molar-refractivity contribution >= 4 is 21.9 Å². The number of hydrogen-bond donors (Lipinski definition) is 0. The van der Waals surface area contributed by atoms with Crippen molar-refractivity contribution in [3.05, 3.63) is 58.1 Å². The van der Waals surface area contributed by atoms with Crippen LogP contribution in [0.3, 0.4) is 0 Å². The van der Waals surface area contributed by atoms with Gasteiger partial charge in [0.05, 0.1) is 6.42 Å². The number of para-hydroxylation sites is 1. The lowest BCUT2D eigenvalue weighted by Crippen LogP contribution is -2.25. The van der Waals surface area contributed by atoms with E-state index in [4.69, 9.17) is 14.2 Å². The standard InChI is InChI=1S/C21H22BrF3O4/c1-20(2,3)29-19(26)10-15-6-4-5-7-18(15)27-12-14-8-16(22)11-17(9-14)28-13-21(23,24)25/h4-9,11H,10,12-13H2,1-3H3. The summed E-state index contributed by atoms with van der Waals surface area (Å²) in [5, 5.41) is 0. The van der Waals surface area contributed by atoms with Gasteiger partial charge >= 0.3 is 12.1 Å². The van der Waals surface area contributed by atoms with Crippen molar-refractivity contribution < 1.29 is 32.2 Å². The summed E-state index contributed by atoms with van der Waals surface area (Å²) in [5.74, 6) is 0.201. The number of hydrogen-bond acceptors (Lipinski definition) is 4. The van der Waals surface area contributed by atoms with Gasteiger partial charge in [-0.2, -0.15) is 13.2 Å². The minimum Gasteiger partial charge on any atom is -0.489 e. The molecule has 0 saturated heterocycles. The maximum atomic E-state index is 12.4. The molecule has 2 aromatic rings. The smallest absolute Gasteiger partial charge is 0.422 e. The molecule has 4 nitrogen and oxygen atoms in total. The molecule has 0 aliphatic heterocycles. The Bertz CT molecular complexity index is 845. The zero-order chi connectivity index (χ0) is 21.7. The van der Waals surface area contributed by atoms with Gasteiger partial charge in [-0.1, -0.05) is 34.1 Å². The van der Waals surface area contributed by atoms with Crippen LogP contribution in [0.1, 0.15) is 31.9 Å². The highest BCUT2D eigenvalue weighted by atomic mass is 79.9. The number of rotatable bonds is 7. The fraction of sp³-hybridized carbons (Fsp3) is 0.381. The van der Waals surface area contributed by atoms with E-state index in [-0.39, 0.29) is 24.7 Å². The van der Waals surface area contributed by atoms with E-state index in [2.05, 4.69) is 15.9 Å². The van der Waals surface area contributed by atoms with Gasteiger partial charge in [0.2, 0.25) is 0 Å². The van der Waals surface area contributed by atoms with Gasteiger partial charge in [-0.05, 0) is 50.6 Å². The van der Waals surface area contributed by atoms with Gasteiger partial charge in [-0.15, -0.1) is 0 Å². The molecule has 0 unspecified atom stereocenters. The zero-order valence-corrected chi connectivity index (χ0v) is 17.9. The highest BCUT2D eigenvalue weighted by molar-refractivity contribution is 9.10. The van der Waals surface area contributed by atoms with Crippen LogP contribution in [-0.4, -0.2) is 24.4 Å². The largest absolute Gasteiger partial charge is 0.489 e. The molecule has 0 spiro atoms. The Balaban J connectivity index is 2.06. The van der Waals surface area contributed by atoms with Crippen molar-refractivity contribution in [1.82, 2.24) is 0 Å². The van der Waals surface area contributed by atoms with Gasteiger partial charge in [-0.3, -0.25) is 4.79 Å². The molecule has 0 bridgehead atoms. The lowest BCUT2D eigenvalue weighted by molar-refractivity contribution is -0.154. The molecule has 0 atom stereocenters. The molecule has 2 aromatic carbocycles. The first-order chi connectivity index (χ1) is 13.4. The van der Waals surface area contributed by atoms with E-state index in [1.165, 1.54) is 12.1 Å². The van der Waals surface area contributed by atoms with Gasteiger partial charge < -0.3 is 14.2 Å². The molecule has 0 aliphatic rings. The molecule has 2 rings (SSSR count). The van der Waals surface area contributed by atoms with Gasteiger partial charge in [0.1, 0.15) is 23.7 Å². The van der Waals surface area contributed by atoms with Crippen LogP contribution in [0.15, 0.2) is 46.9 Å². The summed E-state index contributed by atoms with van der Waals surface area (Å²) in [6.45, 7) is 4.09. The van der Waals surface area contributed by atoms with Gasteiger partial charge in [0.25, 0.3) is 0 Å². The SMILES string of the molecule is CC(C)(C)OC(=O)Cc1ccccc1OCc1cc(Br)cc(OCC(F)(F)F)c1. The molecule has 0 radical (unpaired) electrons. The normalized spacial score (nSPS) is 11.8. The molecule has 29 heavy (non-hydrogen) atoms. The van der Waals surface area contributed by atoms with Gasteiger partial charge in [-0.25, -0.2) is 0 Å². The minimum absolute atomic E-state index is 0.0475. The summed E-state index contributed by atoms with van der Waals surface area (Å²) in [6.07, 6.45) is -4.37. The quantitative estimate of drug-likeness (QED) is 0.471. The second kappa shape index (κ2) is 9.52. The van der Waals surface area contributed by atoms with E-state index in [0.717, 1.165) is 0 Å². The van der Waals surface area contributed by atoms with Crippen molar-refractivity contribution in [2.75, 3.05) is 6.61 Å². The second-order valence-electron chi connectivity index (χ2n) is 7.36. The fourth-order valence-corrected chi connectivity index (χ4v) is 2.96. The van der Waals surface area contributed by atoms with Crippen LogP contribution in [0, 0.1) is 0 Å². The molecule has 0 N–H and O–H groups in total.